The molecule has 1 aliphatic heterocycles. The van der Waals surface area contributed by atoms with Gasteiger partial charge in [0.25, 0.3) is 0 Å². The highest BCUT2D eigenvalue weighted by Gasteiger charge is 2.30. The van der Waals surface area contributed by atoms with Gasteiger partial charge in [0.05, 0.1) is 0 Å². The van der Waals surface area contributed by atoms with Crippen LogP contribution in [0.4, 0.5) is 0 Å². The second-order valence-corrected chi connectivity index (χ2v) is 5.75. The van der Waals surface area contributed by atoms with E-state index in [1.54, 1.807) is 18.3 Å². The van der Waals surface area contributed by atoms with Gasteiger partial charge in [-0.2, -0.15) is 0 Å². The fourth-order valence-corrected chi connectivity index (χ4v) is 3.31. The number of thiophene rings is 1. The molecule has 0 aliphatic carbocycles. The van der Waals surface area contributed by atoms with E-state index in [-0.39, 0.29) is 17.9 Å². The SMILES string of the molecule is CC(=O)NC1CC(c2cccs2)CN(C(C)=O)C1. The van der Waals surface area contributed by atoms with Crippen LogP contribution in [-0.4, -0.2) is 35.8 Å². The number of carbonyl (C=O) groups excluding carboxylic acids is 2. The molecule has 1 aromatic rings. The lowest BCUT2D eigenvalue weighted by atomic mass is 9.92. The van der Waals surface area contributed by atoms with Gasteiger partial charge < -0.3 is 10.2 Å². The number of piperidine rings is 1. The minimum atomic E-state index is -0.0321. The number of hydrogen-bond acceptors (Lipinski definition) is 3. The highest BCUT2D eigenvalue weighted by Crippen LogP contribution is 2.30. The summed E-state index contributed by atoms with van der Waals surface area (Å²) >= 11 is 1.71. The molecule has 1 N–H and O–H groups in total. The molecule has 1 aromatic heterocycles. The molecule has 98 valence electrons. The van der Waals surface area contributed by atoms with Crippen molar-refractivity contribution in [3.8, 4) is 0 Å². The summed E-state index contributed by atoms with van der Waals surface area (Å²) in [6.45, 7) is 4.48. The molecule has 1 saturated heterocycles. The Morgan fingerprint density at radius 1 is 1.39 bits per heavy atom. The minimum Gasteiger partial charge on any atom is -0.352 e. The van der Waals surface area contributed by atoms with E-state index in [4.69, 9.17) is 0 Å². The van der Waals surface area contributed by atoms with Crippen molar-refractivity contribution in [2.24, 2.45) is 0 Å². The first-order valence-corrected chi connectivity index (χ1v) is 7.00. The summed E-state index contributed by atoms with van der Waals surface area (Å²) in [6.07, 6.45) is 0.907. The van der Waals surface area contributed by atoms with E-state index in [1.165, 1.54) is 11.8 Å². The molecule has 0 aromatic carbocycles. The zero-order chi connectivity index (χ0) is 13.1. The van der Waals surface area contributed by atoms with Crippen LogP contribution in [0.5, 0.6) is 0 Å². The summed E-state index contributed by atoms with van der Waals surface area (Å²) in [5.74, 6) is 0.376. The maximum atomic E-state index is 11.6. The quantitative estimate of drug-likeness (QED) is 0.883. The van der Waals surface area contributed by atoms with Crippen LogP contribution in [0.3, 0.4) is 0 Å². The number of hydrogen-bond donors (Lipinski definition) is 1. The Hall–Kier alpha value is -1.36. The Kier molecular flexibility index (Phi) is 4.01. The Bertz CT molecular complexity index is 430. The molecule has 2 unspecified atom stereocenters. The highest BCUT2D eigenvalue weighted by molar-refractivity contribution is 7.10. The Labute approximate surface area is 111 Å². The number of likely N-dealkylation sites (tertiary alicyclic amines) is 1. The molecule has 2 heterocycles. The first-order chi connectivity index (χ1) is 8.56. The Morgan fingerprint density at radius 2 is 2.17 bits per heavy atom. The average molecular weight is 266 g/mol. The molecule has 5 heteroatoms. The monoisotopic (exact) mass is 266 g/mol. The molecular weight excluding hydrogens is 248 g/mol. The topological polar surface area (TPSA) is 49.4 Å². The number of nitrogens with zero attached hydrogens (tertiary/aromatic N) is 1. The molecule has 0 bridgehead atoms. The van der Waals surface area contributed by atoms with Crippen molar-refractivity contribution in [3.63, 3.8) is 0 Å². The maximum Gasteiger partial charge on any atom is 0.219 e. The molecule has 2 atom stereocenters. The van der Waals surface area contributed by atoms with Gasteiger partial charge in [0.2, 0.25) is 11.8 Å². The van der Waals surface area contributed by atoms with Crippen molar-refractivity contribution in [3.05, 3.63) is 22.4 Å². The van der Waals surface area contributed by atoms with Crippen LogP contribution in [0.1, 0.15) is 31.1 Å². The highest BCUT2D eigenvalue weighted by atomic mass is 32.1. The first-order valence-electron chi connectivity index (χ1n) is 6.12. The number of carbonyl (C=O) groups is 2. The Balaban J connectivity index is 2.11. The smallest absolute Gasteiger partial charge is 0.219 e. The van der Waals surface area contributed by atoms with E-state index in [1.807, 2.05) is 11.0 Å². The summed E-state index contributed by atoms with van der Waals surface area (Å²) in [6, 6.07) is 4.19. The number of nitrogens with one attached hydrogen (secondary N) is 1. The zero-order valence-corrected chi connectivity index (χ0v) is 11.5. The zero-order valence-electron chi connectivity index (χ0n) is 10.7. The standard InChI is InChI=1S/C13H18N2O2S/c1-9(16)14-12-6-11(13-4-3-5-18-13)7-15(8-12)10(2)17/h3-5,11-12H,6-8H2,1-2H3,(H,14,16). The van der Waals surface area contributed by atoms with Crippen LogP contribution < -0.4 is 5.32 Å². The summed E-state index contributed by atoms with van der Waals surface area (Å²) in [7, 11) is 0. The van der Waals surface area contributed by atoms with Gasteiger partial charge in [-0.15, -0.1) is 11.3 Å². The van der Waals surface area contributed by atoms with Crippen LogP contribution >= 0.6 is 11.3 Å². The van der Waals surface area contributed by atoms with E-state index in [0.717, 1.165) is 13.0 Å². The Morgan fingerprint density at radius 3 is 2.72 bits per heavy atom. The predicted molar refractivity (Wildman–Crippen MR) is 71.5 cm³/mol. The molecule has 18 heavy (non-hydrogen) atoms. The molecular formula is C13H18N2O2S. The summed E-state index contributed by atoms with van der Waals surface area (Å²) in [5.41, 5.74) is 0. The fourth-order valence-electron chi connectivity index (χ4n) is 2.48. The molecule has 1 fully saturated rings. The van der Waals surface area contributed by atoms with E-state index in [9.17, 15) is 9.59 Å². The van der Waals surface area contributed by atoms with Crippen molar-refractivity contribution in [2.75, 3.05) is 13.1 Å². The van der Waals surface area contributed by atoms with Crippen molar-refractivity contribution >= 4 is 23.2 Å². The van der Waals surface area contributed by atoms with Gasteiger partial charge in [-0.05, 0) is 17.9 Å². The second-order valence-electron chi connectivity index (χ2n) is 4.77. The largest absolute Gasteiger partial charge is 0.352 e. The van der Waals surface area contributed by atoms with Gasteiger partial charge in [-0.3, -0.25) is 9.59 Å². The van der Waals surface area contributed by atoms with E-state index in [2.05, 4.69) is 16.8 Å². The van der Waals surface area contributed by atoms with Crippen molar-refractivity contribution in [2.45, 2.75) is 32.2 Å². The normalized spacial score (nSPS) is 23.8. The third-order valence-corrected chi connectivity index (χ3v) is 4.28. The molecule has 2 amide bonds. The summed E-state index contributed by atoms with van der Waals surface area (Å²) in [5, 5.41) is 4.98. The van der Waals surface area contributed by atoms with E-state index in [0.29, 0.717) is 12.5 Å². The lowest BCUT2D eigenvalue weighted by molar-refractivity contribution is -0.131. The van der Waals surface area contributed by atoms with Crippen LogP contribution in [0, 0.1) is 0 Å². The van der Waals surface area contributed by atoms with Gasteiger partial charge in [-0.25, -0.2) is 0 Å². The van der Waals surface area contributed by atoms with Gasteiger partial charge in [0.15, 0.2) is 0 Å². The number of rotatable bonds is 2. The average Bonchev–Trinajstić information content (AvgIpc) is 2.80. The van der Waals surface area contributed by atoms with Gasteiger partial charge in [-0.1, -0.05) is 6.07 Å². The molecule has 4 nitrogen and oxygen atoms in total. The van der Waals surface area contributed by atoms with Crippen molar-refractivity contribution in [1.29, 1.82) is 0 Å². The van der Waals surface area contributed by atoms with Gasteiger partial charge in [0.1, 0.15) is 0 Å². The van der Waals surface area contributed by atoms with Crippen molar-refractivity contribution in [1.82, 2.24) is 10.2 Å². The van der Waals surface area contributed by atoms with Crippen LogP contribution in [0.15, 0.2) is 17.5 Å². The van der Waals surface area contributed by atoms with Gasteiger partial charge in [0, 0.05) is 43.8 Å². The number of amides is 2. The minimum absolute atomic E-state index is 0.0321. The fraction of sp³-hybridized carbons (Fsp3) is 0.538. The third kappa shape index (κ3) is 3.10. The third-order valence-electron chi connectivity index (χ3n) is 3.25. The molecule has 0 spiro atoms. The second kappa shape index (κ2) is 5.52. The molecule has 0 saturated carbocycles. The lowest BCUT2D eigenvalue weighted by Gasteiger charge is -2.37. The lowest BCUT2D eigenvalue weighted by Crippen LogP contribution is -2.51. The first kappa shape index (κ1) is 13.1. The molecule has 0 radical (unpaired) electrons. The molecule has 2 rings (SSSR count). The summed E-state index contributed by atoms with van der Waals surface area (Å²) in [4.78, 5) is 25.8. The van der Waals surface area contributed by atoms with Crippen molar-refractivity contribution < 1.29 is 9.59 Å². The predicted octanol–water partition coefficient (Wildman–Crippen LogP) is 1.59. The van der Waals surface area contributed by atoms with Crippen LogP contribution in [0.2, 0.25) is 0 Å². The molecule has 1 aliphatic rings. The summed E-state index contributed by atoms with van der Waals surface area (Å²) < 4.78 is 0. The van der Waals surface area contributed by atoms with E-state index >= 15 is 0 Å². The van der Waals surface area contributed by atoms with Gasteiger partial charge >= 0.3 is 0 Å². The van der Waals surface area contributed by atoms with Crippen LogP contribution in [-0.2, 0) is 9.59 Å². The van der Waals surface area contributed by atoms with E-state index < -0.39 is 0 Å². The van der Waals surface area contributed by atoms with Crippen LogP contribution in [0.25, 0.3) is 0 Å². The maximum absolute atomic E-state index is 11.6.